The number of hydrogen-bond acceptors (Lipinski definition) is 5. The molecule has 0 radical (unpaired) electrons. The van der Waals surface area contributed by atoms with Crippen molar-refractivity contribution in [2.45, 2.75) is 31.9 Å². The summed E-state index contributed by atoms with van der Waals surface area (Å²) in [5.41, 5.74) is 7.40. The molecule has 0 saturated carbocycles. The van der Waals surface area contributed by atoms with Gasteiger partial charge in [0.15, 0.2) is 5.82 Å². The van der Waals surface area contributed by atoms with Crippen molar-refractivity contribution in [1.82, 2.24) is 14.9 Å². The van der Waals surface area contributed by atoms with Gasteiger partial charge < -0.3 is 20.4 Å². The summed E-state index contributed by atoms with van der Waals surface area (Å²) < 4.78 is 21.5. The number of rotatable bonds is 4. The number of nitrogens with two attached hydrogens (primary N) is 1. The number of aromatic nitrogens is 2. The summed E-state index contributed by atoms with van der Waals surface area (Å²) in [5, 5.41) is 3.55. The van der Waals surface area contributed by atoms with Gasteiger partial charge in [-0.3, -0.25) is 4.79 Å². The van der Waals surface area contributed by atoms with Crippen LogP contribution in [-0.4, -0.2) is 34.7 Å². The quantitative estimate of drug-likeness (QED) is 0.702. The molecule has 3 heterocycles. The number of carbonyl (C=O) groups excluding carboxylic acids is 1. The van der Waals surface area contributed by atoms with Gasteiger partial charge in [0, 0.05) is 19.0 Å². The highest BCUT2D eigenvalue weighted by molar-refractivity contribution is 7.15. The van der Waals surface area contributed by atoms with Gasteiger partial charge in [0.05, 0.1) is 27.6 Å². The second-order valence-electron chi connectivity index (χ2n) is 7.62. The zero-order chi connectivity index (χ0) is 20.2. The molecule has 3 N–H and O–H groups in total. The lowest BCUT2D eigenvalue weighted by Gasteiger charge is -2.36. The average Bonchev–Trinajstić information content (AvgIpc) is 3.22. The zero-order valence-electron chi connectivity index (χ0n) is 16.3. The summed E-state index contributed by atoms with van der Waals surface area (Å²) >= 11 is 1.65. The number of amides is 1. The van der Waals surface area contributed by atoms with Crippen LogP contribution in [0.1, 0.15) is 40.7 Å². The fourth-order valence-electron chi connectivity index (χ4n) is 3.78. The minimum Gasteiger partial charge on any atom is -0.377 e. The largest absolute Gasteiger partial charge is 0.377 e. The monoisotopic (exact) mass is 402 g/mol. The van der Waals surface area contributed by atoms with E-state index in [2.05, 4.69) is 30.2 Å². The third kappa shape index (κ3) is 2.92. The van der Waals surface area contributed by atoms with Crippen LogP contribution in [0.3, 0.4) is 0 Å². The second kappa shape index (κ2) is 6.65. The maximum Gasteiger partial charge on any atom is 0.251 e. The summed E-state index contributed by atoms with van der Waals surface area (Å²) in [4.78, 5) is 18.6. The van der Waals surface area contributed by atoms with Crippen molar-refractivity contribution >= 4 is 28.3 Å². The zero-order valence-corrected chi connectivity index (χ0v) is 17.1. The van der Waals surface area contributed by atoms with Gasteiger partial charge in [0.2, 0.25) is 0 Å². The fourth-order valence-corrected chi connectivity index (χ4v) is 5.27. The number of ether oxygens (including phenoxy) is 1. The number of nitrogens with one attached hydrogen (secondary N) is 1. The minimum atomic E-state index is -0.689. The highest BCUT2D eigenvalue weighted by Gasteiger charge is 2.36. The summed E-state index contributed by atoms with van der Waals surface area (Å²) in [6.07, 6.45) is 0.924. The van der Waals surface area contributed by atoms with E-state index in [1.165, 1.54) is 16.5 Å². The van der Waals surface area contributed by atoms with Crippen LogP contribution in [0.2, 0.25) is 0 Å². The van der Waals surface area contributed by atoms with Crippen molar-refractivity contribution in [2.75, 3.05) is 13.7 Å². The van der Waals surface area contributed by atoms with Gasteiger partial charge in [-0.05, 0) is 50.6 Å². The molecule has 148 valence electrons. The van der Waals surface area contributed by atoms with Crippen molar-refractivity contribution < 1.29 is 13.9 Å². The number of halogens is 1. The summed E-state index contributed by atoms with van der Waals surface area (Å²) in [6, 6.07) is 4.74. The number of imidazole rings is 1. The Bertz CT molecular complexity index is 1090. The molecule has 1 atom stereocenters. The van der Waals surface area contributed by atoms with Crippen LogP contribution in [0.15, 0.2) is 18.2 Å². The summed E-state index contributed by atoms with van der Waals surface area (Å²) in [6.45, 7) is 5.01. The van der Waals surface area contributed by atoms with Crippen LogP contribution in [-0.2, 0) is 18.2 Å². The molecule has 2 aromatic heterocycles. The molecule has 0 saturated heterocycles. The van der Waals surface area contributed by atoms with Crippen molar-refractivity contribution in [2.24, 2.45) is 12.8 Å². The van der Waals surface area contributed by atoms with E-state index < -0.39 is 11.7 Å². The fraction of sp³-hybridized carbons (Fsp3) is 0.400. The van der Waals surface area contributed by atoms with Gasteiger partial charge in [0.25, 0.3) is 5.91 Å². The van der Waals surface area contributed by atoms with Crippen molar-refractivity contribution in [3.8, 4) is 10.7 Å². The first kappa shape index (κ1) is 19.0. The van der Waals surface area contributed by atoms with Gasteiger partial charge in [0.1, 0.15) is 11.3 Å². The third-order valence-electron chi connectivity index (χ3n) is 5.51. The summed E-state index contributed by atoms with van der Waals surface area (Å²) in [7, 11) is 3.54. The van der Waals surface area contributed by atoms with Crippen LogP contribution in [0, 0.1) is 5.82 Å². The van der Waals surface area contributed by atoms with E-state index in [-0.39, 0.29) is 17.2 Å². The Kier molecular flexibility index (Phi) is 4.52. The van der Waals surface area contributed by atoms with Crippen LogP contribution in [0.5, 0.6) is 0 Å². The van der Waals surface area contributed by atoms with Gasteiger partial charge in [-0.2, -0.15) is 0 Å². The lowest BCUT2D eigenvalue weighted by atomic mass is 9.91. The molecule has 0 bridgehead atoms. The Morgan fingerprint density at radius 3 is 2.86 bits per heavy atom. The van der Waals surface area contributed by atoms with E-state index in [1.807, 2.05) is 11.6 Å². The molecule has 0 aliphatic carbocycles. The number of thiophene rings is 1. The lowest BCUT2D eigenvalue weighted by molar-refractivity contribution is -0.0117. The Labute approximate surface area is 166 Å². The van der Waals surface area contributed by atoms with Crippen molar-refractivity contribution in [3.05, 3.63) is 40.0 Å². The van der Waals surface area contributed by atoms with E-state index in [0.29, 0.717) is 16.9 Å². The minimum absolute atomic E-state index is 0.0771. The SMILES string of the molecule is COC(C)(C)C1NCCc2cc(-c3nc4c(C(N)=O)cc(F)cc4n3C)sc21. The van der Waals surface area contributed by atoms with Crippen molar-refractivity contribution in [1.29, 1.82) is 0 Å². The highest BCUT2D eigenvalue weighted by atomic mass is 32.1. The average molecular weight is 402 g/mol. The molecule has 1 aliphatic heterocycles. The Hall–Kier alpha value is -2.29. The van der Waals surface area contributed by atoms with Crippen LogP contribution in [0.4, 0.5) is 4.39 Å². The second-order valence-corrected chi connectivity index (χ2v) is 8.71. The van der Waals surface area contributed by atoms with E-state index in [0.717, 1.165) is 23.9 Å². The topological polar surface area (TPSA) is 82.2 Å². The molecule has 1 amide bonds. The summed E-state index contributed by atoms with van der Waals surface area (Å²) in [5.74, 6) is -0.505. The number of aryl methyl sites for hydroxylation is 1. The van der Waals surface area contributed by atoms with E-state index in [9.17, 15) is 9.18 Å². The molecule has 1 aromatic carbocycles. The number of carbonyl (C=O) groups is 1. The predicted molar refractivity (Wildman–Crippen MR) is 108 cm³/mol. The molecule has 6 nitrogen and oxygen atoms in total. The maximum absolute atomic E-state index is 14.0. The van der Waals surface area contributed by atoms with Crippen molar-refractivity contribution in [3.63, 3.8) is 0 Å². The predicted octanol–water partition coefficient (Wildman–Crippen LogP) is 3.15. The highest BCUT2D eigenvalue weighted by Crippen LogP contribution is 2.42. The maximum atomic E-state index is 14.0. The van der Waals surface area contributed by atoms with E-state index >= 15 is 0 Å². The number of benzene rings is 1. The molecular weight excluding hydrogens is 379 g/mol. The van der Waals surface area contributed by atoms with Gasteiger partial charge >= 0.3 is 0 Å². The van der Waals surface area contributed by atoms with Gasteiger partial charge in [-0.25, -0.2) is 9.37 Å². The Morgan fingerprint density at radius 2 is 2.18 bits per heavy atom. The molecule has 0 spiro atoms. The number of hydrogen-bond donors (Lipinski definition) is 2. The van der Waals surface area contributed by atoms with Crippen LogP contribution < -0.4 is 11.1 Å². The van der Waals surface area contributed by atoms with E-state index in [4.69, 9.17) is 10.5 Å². The normalized spacial score (nSPS) is 17.1. The van der Waals surface area contributed by atoms with E-state index in [1.54, 1.807) is 18.4 Å². The third-order valence-corrected chi connectivity index (χ3v) is 6.74. The molecule has 28 heavy (non-hydrogen) atoms. The molecule has 1 aliphatic rings. The first-order chi connectivity index (χ1) is 13.2. The van der Waals surface area contributed by atoms with Gasteiger partial charge in [-0.1, -0.05) is 0 Å². The molecule has 4 rings (SSSR count). The molecule has 8 heteroatoms. The number of fused-ring (bicyclic) bond motifs is 2. The molecule has 0 fully saturated rings. The first-order valence-electron chi connectivity index (χ1n) is 9.10. The number of methoxy groups -OCH3 is 1. The molecule has 3 aromatic rings. The van der Waals surface area contributed by atoms with Gasteiger partial charge in [-0.15, -0.1) is 11.3 Å². The Balaban J connectivity index is 1.87. The number of nitrogens with zero attached hydrogens (tertiary/aromatic N) is 2. The standard InChI is InChI=1S/C20H23FN4O2S/c1-20(2,27-4)17-16-10(5-6-23-17)7-14(28-16)19-24-15-12(18(22)26)8-11(21)9-13(15)25(19)3/h7-9,17,23H,5-6H2,1-4H3,(H2,22,26). The van der Waals surface area contributed by atoms with Crippen LogP contribution >= 0.6 is 11.3 Å². The smallest absolute Gasteiger partial charge is 0.251 e. The van der Waals surface area contributed by atoms with Crippen LogP contribution in [0.25, 0.3) is 21.7 Å². The molecular formula is C20H23FN4O2S. The lowest BCUT2D eigenvalue weighted by Crippen LogP contribution is -2.43. The first-order valence-corrected chi connectivity index (χ1v) is 9.92. The number of primary amides is 1. The molecule has 1 unspecified atom stereocenters. The Morgan fingerprint density at radius 1 is 1.43 bits per heavy atom.